The van der Waals surface area contributed by atoms with Crippen molar-refractivity contribution < 1.29 is 9.53 Å². The van der Waals surface area contributed by atoms with E-state index in [1.54, 1.807) is 6.07 Å². The average molecular weight is 461 g/mol. The van der Waals surface area contributed by atoms with Gasteiger partial charge < -0.3 is 19.5 Å². The van der Waals surface area contributed by atoms with Crippen LogP contribution in [0.1, 0.15) is 65.9 Å². The minimum atomic E-state index is -0.343. The Bertz CT molecular complexity index is 1140. The molecule has 3 aromatic rings. The molecule has 2 aromatic heterocycles. The molecule has 0 amide bonds. The molecule has 0 unspecified atom stereocenters. The Kier molecular flexibility index (Phi) is 6.13. The molecule has 2 aliphatic rings. The standard InChI is InChI=1S/C26H28N4O2S/c1-32-25(31)18-9-7-12-20(17-18)29-16-8-14-22(29)24-23(21-13-5-6-15-27-21)28-26(33)30(24)19-10-3-2-4-11-19/h5-9,12-17,19,23-24H,2-4,10-11H2,1H3,(H,28,33)/t23-,24+/m1/s1. The first kappa shape index (κ1) is 21.6. The monoisotopic (exact) mass is 460 g/mol. The quantitative estimate of drug-likeness (QED) is 0.429. The highest BCUT2D eigenvalue weighted by atomic mass is 32.1. The topological polar surface area (TPSA) is 59.4 Å². The predicted octanol–water partition coefficient (Wildman–Crippen LogP) is 4.96. The summed E-state index contributed by atoms with van der Waals surface area (Å²) in [7, 11) is 1.40. The van der Waals surface area contributed by atoms with Crippen LogP contribution >= 0.6 is 12.2 Å². The van der Waals surface area contributed by atoms with Crippen LogP contribution in [0.5, 0.6) is 0 Å². The number of carbonyl (C=O) groups excluding carboxylic acids is 1. The molecule has 2 fully saturated rings. The van der Waals surface area contributed by atoms with E-state index in [9.17, 15) is 4.79 Å². The van der Waals surface area contributed by atoms with E-state index in [0.29, 0.717) is 11.6 Å². The van der Waals surface area contributed by atoms with Crippen molar-refractivity contribution in [3.8, 4) is 5.69 Å². The minimum Gasteiger partial charge on any atom is -0.465 e. The van der Waals surface area contributed by atoms with Crippen molar-refractivity contribution in [1.82, 2.24) is 19.8 Å². The molecule has 5 rings (SSSR count). The van der Waals surface area contributed by atoms with E-state index in [-0.39, 0.29) is 18.1 Å². The smallest absolute Gasteiger partial charge is 0.337 e. The zero-order valence-electron chi connectivity index (χ0n) is 18.7. The van der Waals surface area contributed by atoms with E-state index >= 15 is 0 Å². The number of methoxy groups -OCH3 is 1. The molecule has 0 bridgehead atoms. The van der Waals surface area contributed by atoms with Crippen LogP contribution in [0.15, 0.2) is 67.0 Å². The van der Waals surface area contributed by atoms with Gasteiger partial charge in [-0.3, -0.25) is 4.98 Å². The lowest BCUT2D eigenvalue weighted by atomic mass is 9.92. The highest BCUT2D eigenvalue weighted by Crippen LogP contribution is 2.43. The molecule has 3 heterocycles. The van der Waals surface area contributed by atoms with Crippen molar-refractivity contribution in [1.29, 1.82) is 0 Å². The van der Waals surface area contributed by atoms with Crippen LogP contribution in [-0.2, 0) is 4.74 Å². The lowest BCUT2D eigenvalue weighted by Gasteiger charge is -2.37. The third kappa shape index (κ3) is 4.13. The van der Waals surface area contributed by atoms with Gasteiger partial charge in [0.05, 0.1) is 30.5 Å². The second kappa shape index (κ2) is 9.35. The molecule has 170 valence electrons. The van der Waals surface area contributed by atoms with Crippen molar-refractivity contribution in [3.63, 3.8) is 0 Å². The van der Waals surface area contributed by atoms with E-state index in [1.807, 2.05) is 42.7 Å². The summed E-state index contributed by atoms with van der Waals surface area (Å²) in [5, 5.41) is 4.37. The van der Waals surface area contributed by atoms with Crippen molar-refractivity contribution in [3.05, 3.63) is 83.9 Å². The lowest BCUT2D eigenvalue weighted by Crippen LogP contribution is -2.40. The molecule has 1 saturated carbocycles. The van der Waals surface area contributed by atoms with E-state index in [1.165, 1.54) is 26.4 Å². The predicted molar refractivity (Wildman–Crippen MR) is 131 cm³/mol. The summed E-state index contributed by atoms with van der Waals surface area (Å²) in [5.41, 5.74) is 3.53. The third-order valence-electron chi connectivity index (χ3n) is 6.73. The number of ether oxygens (including phenoxy) is 1. The first-order valence-electron chi connectivity index (χ1n) is 11.5. The van der Waals surface area contributed by atoms with Gasteiger partial charge in [0.2, 0.25) is 0 Å². The largest absolute Gasteiger partial charge is 0.465 e. The average Bonchev–Trinajstić information content (AvgIpc) is 3.49. The fourth-order valence-electron chi connectivity index (χ4n) is 5.21. The molecule has 0 radical (unpaired) electrons. The van der Waals surface area contributed by atoms with Gasteiger partial charge in [-0.1, -0.05) is 31.4 Å². The number of aromatic nitrogens is 2. The summed E-state index contributed by atoms with van der Waals surface area (Å²) in [4.78, 5) is 19.2. The van der Waals surface area contributed by atoms with E-state index in [2.05, 4.69) is 38.0 Å². The van der Waals surface area contributed by atoms with Gasteiger partial charge in [0.1, 0.15) is 0 Å². The normalized spacial score (nSPS) is 21.1. The van der Waals surface area contributed by atoms with E-state index in [4.69, 9.17) is 17.0 Å². The molecular formula is C26H28N4O2S. The number of esters is 1. The fraction of sp³-hybridized carbons (Fsp3) is 0.346. The second-order valence-electron chi connectivity index (χ2n) is 8.67. The molecule has 1 saturated heterocycles. The molecule has 1 N–H and O–H groups in total. The second-order valence-corrected chi connectivity index (χ2v) is 9.06. The van der Waals surface area contributed by atoms with Gasteiger partial charge in [0, 0.05) is 29.8 Å². The van der Waals surface area contributed by atoms with Gasteiger partial charge in [0.25, 0.3) is 0 Å². The Labute approximate surface area is 199 Å². The third-order valence-corrected chi connectivity index (χ3v) is 7.06. The molecular weight excluding hydrogens is 432 g/mol. The molecule has 0 spiro atoms. The Balaban J connectivity index is 1.60. The van der Waals surface area contributed by atoms with Crippen LogP contribution in [0.25, 0.3) is 5.69 Å². The summed E-state index contributed by atoms with van der Waals surface area (Å²) in [6.07, 6.45) is 9.91. The van der Waals surface area contributed by atoms with Crippen LogP contribution in [0.4, 0.5) is 0 Å². The van der Waals surface area contributed by atoms with Crippen LogP contribution in [0.3, 0.4) is 0 Å². The van der Waals surface area contributed by atoms with Gasteiger partial charge in [-0.05, 0) is 67.5 Å². The zero-order valence-corrected chi connectivity index (χ0v) is 19.5. The summed E-state index contributed by atoms with van der Waals surface area (Å²) < 4.78 is 7.08. The highest BCUT2D eigenvalue weighted by Gasteiger charge is 2.44. The lowest BCUT2D eigenvalue weighted by molar-refractivity contribution is 0.0600. The number of rotatable bonds is 5. The molecule has 6 nitrogen and oxygen atoms in total. The number of hydrogen-bond donors (Lipinski definition) is 1. The number of nitrogens with zero attached hydrogens (tertiary/aromatic N) is 3. The number of pyridine rings is 1. The number of carbonyl (C=O) groups is 1. The van der Waals surface area contributed by atoms with Crippen molar-refractivity contribution in [2.45, 2.75) is 50.2 Å². The molecule has 33 heavy (non-hydrogen) atoms. The van der Waals surface area contributed by atoms with Crippen LogP contribution in [-0.4, -0.2) is 38.7 Å². The van der Waals surface area contributed by atoms with Crippen LogP contribution < -0.4 is 5.32 Å². The highest BCUT2D eigenvalue weighted by molar-refractivity contribution is 7.80. The van der Waals surface area contributed by atoms with Gasteiger partial charge in [0.15, 0.2) is 5.11 Å². The number of nitrogens with one attached hydrogen (secondary N) is 1. The van der Waals surface area contributed by atoms with Gasteiger partial charge in [-0.2, -0.15) is 0 Å². The Morgan fingerprint density at radius 3 is 2.70 bits per heavy atom. The first-order chi connectivity index (χ1) is 16.2. The van der Waals surface area contributed by atoms with Crippen molar-refractivity contribution >= 4 is 23.3 Å². The molecule has 2 atom stereocenters. The van der Waals surface area contributed by atoms with Gasteiger partial charge in [-0.15, -0.1) is 0 Å². The number of benzene rings is 1. The van der Waals surface area contributed by atoms with Crippen LogP contribution in [0, 0.1) is 0 Å². The molecule has 1 aliphatic heterocycles. The van der Waals surface area contributed by atoms with Gasteiger partial charge in [-0.25, -0.2) is 4.79 Å². The van der Waals surface area contributed by atoms with Crippen LogP contribution in [0.2, 0.25) is 0 Å². The van der Waals surface area contributed by atoms with E-state index < -0.39 is 0 Å². The maximum atomic E-state index is 12.1. The Hall–Kier alpha value is -3.19. The molecule has 7 heteroatoms. The van der Waals surface area contributed by atoms with Crippen molar-refractivity contribution in [2.24, 2.45) is 0 Å². The molecule has 1 aromatic carbocycles. The maximum absolute atomic E-state index is 12.1. The fourth-order valence-corrected chi connectivity index (χ4v) is 5.59. The Morgan fingerprint density at radius 1 is 1.09 bits per heavy atom. The SMILES string of the molecule is COC(=O)c1cccc(-n2cccc2[C@H]2[C@@H](c3ccccn3)NC(=S)N2C2CCCCC2)c1. The number of hydrogen-bond acceptors (Lipinski definition) is 4. The Morgan fingerprint density at radius 2 is 1.94 bits per heavy atom. The maximum Gasteiger partial charge on any atom is 0.337 e. The van der Waals surface area contributed by atoms with Crippen molar-refractivity contribution in [2.75, 3.05) is 7.11 Å². The van der Waals surface area contributed by atoms with Gasteiger partial charge >= 0.3 is 5.97 Å². The zero-order chi connectivity index (χ0) is 22.8. The first-order valence-corrected chi connectivity index (χ1v) is 11.9. The minimum absolute atomic E-state index is 0.00715. The number of thiocarbonyl (C=S) groups is 1. The summed E-state index contributed by atoms with van der Waals surface area (Å²) in [6, 6.07) is 18.1. The summed E-state index contributed by atoms with van der Waals surface area (Å²) in [5.74, 6) is -0.343. The van der Waals surface area contributed by atoms with E-state index in [0.717, 1.165) is 35.0 Å². The summed E-state index contributed by atoms with van der Waals surface area (Å²) >= 11 is 5.90. The molecule has 1 aliphatic carbocycles. The summed E-state index contributed by atoms with van der Waals surface area (Å²) in [6.45, 7) is 0.